The summed E-state index contributed by atoms with van der Waals surface area (Å²) in [6.45, 7) is 0. The fourth-order valence-corrected chi connectivity index (χ4v) is 2.23. The first-order chi connectivity index (χ1) is 5.26. The number of carboxylic acids is 1. The fourth-order valence-electron chi connectivity index (χ4n) is 2.23. The maximum atomic E-state index is 10.9. The summed E-state index contributed by atoms with van der Waals surface area (Å²) >= 11 is 0. The van der Waals surface area contributed by atoms with Gasteiger partial charge in [-0.3, -0.25) is 4.79 Å². The number of fused-ring (bicyclic) bond motifs is 1. The minimum absolute atomic E-state index is 0.352. The Hall–Kier alpha value is -0.790. The van der Waals surface area contributed by atoms with Crippen molar-refractivity contribution in [3.63, 3.8) is 0 Å². The molecule has 2 aliphatic carbocycles. The second kappa shape index (κ2) is 2.10. The molecule has 0 heterocycles. The van der Waals surface area contributed by atoms with Crippen molar-refractivity contribution < 1.29 is 9.90 Å². The number of carbonyl (C=O) groups is 1. The van der Waals surface area contributed by atoms with E-state index in [2.05, 4.69) is 6.08 Å². The zero-order valence-corrected chi connectivity index (χ0v) is 6.42. The molecule has 0 bridgehead atoms. The summed E-state index contributed by atoms with van der Waals surface area (Å²) in [5, 5.41) is 8.99. The van der Waals surface area contributed by atoms with Crippen LogP contribution < -0.4 is 0 Å². The van der Waals surface area contributed by atoms with Crippen LogP contribution in [0.25, 0.3) is 0 Å². The van der Waals surface area contributed by atoms with Crippen molar-refractivity contribution >= 4 is 5.97 Å². The molecule has 0 saturated heterocycles. The first-order valence-corrected chi connectivity index (χ1v) is 4.14. The molecule has 0 amide bonds. The second-order valence-electron chi connectivity index (χ2n) is 3.61. The monoisotopic (exact) mass is 152 g/mol. The van der Waals surface area contributed by atoms with E-state index in [-0.39, 0.29) is 5.41 Å². The van der Waals surface area contributed by atoms with E-state index >= 15 is 0 Å². The highest BCUT2D eigenvalue weighted by Crippen LogP contribution is 2.53. The van der Waals surface area contributed by atoms with Gasteiger partial charge in [-0.05, 0) is 31.6 Å². The van der Waals surface area contributed by atoms with Gasteiger partial charge in [0.15, 0.2) is 0 Å². The molecule has 2 rings (SSSR count). The first kappa shape index (κ1) is 6.89. The van der Waals surface area contributed by atoms with Crippen LogP contribution in [0.1, 0.15) is 25.7 Å². The molecule has 0 aromatic carbocycles. The molecule has 1 saturated carbocycles. The van der Waals surface area contributed by atoms with Gasteiger partial charge in [0.1, 0.15) is 0 Å². The highest BCUT2D eigenvalue weighted by atomic mass is 16.4. The van der Waals surface area contributed by atoms with Crippen LogP contribution >= 0.6 is 0 Å². The number of hydrogen-bond acceptors (Lipinski definition) is 1. The maximum absolute atomic E-state index is 10.9. The van der Waals surface area contributed by atoms with Gasteiger partial charge in [0.05, 0.1) is 5.41 Å². The lowest BCUT2D eigenvalue weighted by Crippen LogP contribution is -2.47. The van der Waals surface area contributed by atoms with Gasteiger partial charge in [0, 0.05) is 0 Å². The van der Waals surface area contributed by atoms with Gasteiger partial charge in [0.25, 0.3) is 0 Å². The zero-order chi connectivity index (χ0) is 7.90. The van der Waals surface area contributed by atoms with Crippen molar-refractivity contribution in [2.24, 2.45) is 11.3 Å². The Labute approximate surface area is 65.9 Å². The van der Waals surface area contributed by atoms with Crippen LogP contribution in [0.5, 0.6) is 0 Å². The molecule has 1 fully saturated rings. The Kier molecular flexibility index (Phi) is 1.31. The third-order valence-electron chi connectivity index (χ3n) is 3.22. The van der Waals surface area contributed by atoms with Crippen molar-refractivity contribution in [1.29, 1.82) is 0 Å². The lowest BCUT2D eigenvalue weighted by Gasteiger charge is -2.47. The Balaban J connectivity index is 2.24. The molecular formula is C9H12O2. The van der Waals surface area contributed by atoms with Crippen LogP contribution in [-0.2, 0) is 4.79 Å². The maximum Gasteiger partial charge on any atom is 0.310 e. The van der Waals surface area contributed by atoms with Crippen LogP contribution in [0.4, 0.5) is 0 Å². The summed E-state index contributed by atoms with van der Waals surface area (Å²) in [5.41, 5.74) is -0.352. The lowest BCUT2D eigenvalue weighted by molar-refractivity contribution is -0.161. The molecule has 0 spiro atoms. The Morgan fingerprint density at radius 1 is 1.55 bits per heavy atom. The average molecular weight is 152 g/mol. The van der Waals surface area contributed by atoms with Gasteiger partial charge in [-0.25, -0.2) is 0 Å². The molecule has 2 atom stereocenters. The fraction of sp³-hybridized carbons (Fsp3) is 0.667. The molecular weight excluding hydrogens is 140 g/mol. The molecule has 2 unspecified atom stereocenters. The van der Waals surface area contributed by atoms with Crippen LogP contribution in [0.3, 0.4) is 0 Å². The SMILES string of the molecule is O=C(O)C12CC=CCC1CC2. The van der Waals surface area contributed by atoms with Gasteiger partial charge in [-0.15, -0.1) is 0 Å². The molecule has 11 heavy (non-hydrogen) atoms. The van der Waals surface area contributed by atoms with Crippen molar-refractivity contribution in [2.75, 3.05) is 0 Å². The molecule has 1 N–H and O–H groups in total. The van der Waals surface area contributed by atoms with E-state index in [1.54, 1.807) is 0 Å². The molecule has 0 aromatic rings. The third kappa shape index (κ3) is 0.753. The molecule has 0 aliphatic heterocycles. The summed E-state index contributed by atoms with van der Waals surface area (Å²) < 4.78 is 0. The summed E-state index contributed by atoms with van der Waals surface area (Å²) in [6, 6.07) is 0. The van der Waals surface area contributed by atoms with Crippen molar-refractivity contribution in [3.8, 4) is 0 Å². The van der Waals surface area contributed by atoms with Gasteiger partial charge >= 0.3 is 5.97 Å². The van der Waals surface area contributed by atoms with E-state index in [0.29, 0.717) is 5.92 Å². The average Bonchev–Trinajstić information content (AvgIpc) is 1.91. The highest BCUT2D eigenvalue weighted by molar-refractivity contribution is 5.76. The van der Waals surface area contributed by atoms with Crippen LogP contribution in [0.2, 0.25) is 0 Å². The molecule has 60 valence electrons. The van der Waals surface area contributed by atoms with Gasteiger partial charge in [0.2, 0.25) is 0 Å². The quantitative estimate of drug-likeness (QED) is 0.582. The first-order valence-electron chi connectivity index (χ1n) is 4.14. The largest absolute Gasteiger partial charge is 0.481 e. The molecule has 2 nitrogen and oxygen atoms in total. The van der Waals surface area contributed by atoms with Crippen LogP contribution in [0, 0.1) is 11.3 Å². The predicted octanol–water partition coefficient (Wildman–Crippen LogP) is 1.82. The predicted molar refractivity (Wildman–Crippen MR) is 41.2 cm³/mol. The standard InChI is InChI=1S/C9H12O2/c10-8(11)9-5-2-1-3-7(9)4-6-9/h1-2,7H,3-6H2,(H,10,11). The minimum atomic E-state index is -0.585. The van der Waals surface area contributed by atoms with E-state index in [0.717, 1.165) is 25.7 Å². The van der Waals surface area contributed by atoms with E-state index in [4.69, 9.17) is 5.11 Å². The number of hydrogen-bond donors (Lipinski definition) is 1. The van der Waals surface area contributed by atoms with E-state index < -0.39 is 5.97 Å². The second-order valence-corrected chi connectivity index (χ2v) is 3.61. The van der Waals surface area contributed by atoms with Gasteiger partial charge in [-0.2, -0.15) is 0 Å². The van der Waals surface area contributed by atoms with Crippen molar-refractivity contribution in [2.45, 2.75) is 25.7 Å². The summed E-state index contributed by atoms with van der Waals surface area (Å²) in [4.78, 5) is 10.9. The van der Waals surface area contributed by atoms with Crippen LogP contribution in [0.15, 0.2) is 12.2 Å². The third-order valence-corrected chi connectivity index (χ3v) is 3.22. The van der Waals surface area contributed by atoms with Crippen molar-refractivity contribution in [3.05, 3.63) is 12.2 Å². The smallest absolute Gasteiger partial charge is 0.310 e. The van der Waals surface area contributed by atoms with Gasteiger partial charge < -0.3 is 5.11 Å². The highest BCUT2D eigenvalue weighted by Gasteiger charge is 2.52. The number of aliphatic carboxylic acids is 1. The topological polar surface area (TPSA) is 37.3 Å². The summed E-state index contributed by atoms with van der Waals surface area (Å²) in [5.74, 6) is -0.150. The van der Waals surface area contributed by atoms with Crippen molar-refractivity contribution in [1.82, 2.24) is 0 Å². The number of rotatable bonds is 1. The normalized spacial score (nSPS) is 40.9. The summed E-state index contributed by atoms with van der Waals surface area (Å²) in [6.07, 6.45) is 7.86. The minimum Gasteiger partial charge on any atom is -0.481 e. The Morgan fingerprint density at radius 3 is 2.73 bits per heavy atom. The molecule has 2 heteroatoms. The number of carboxylic acid groups (broad SMARTS) is 1. The summed E-state index contributed by atoms with van der Waals surface area (Å²) in [7, 11) is 0. The molecule has 0 aromatic heterocycles. The Bertz CT molecular complexity index is 220. The Morgan fingerprint density at radius 2 is 2.36 bits per heavy atom. The van der Waals surface area contributed by atoms with E-state index in [1.165, 1.54) is 0 Å². The van der Waals surface area contributed by atoms with Crippen LogP contribution in [-0.4, -0.2) is 11.1 Å². The van der Waals surface area contributed by atoms with E-state index in [1.807, 2.05) is 6.08 Å². The van der Waals surface area contributed by atoms with Gasteiger partial charge in [-0.1, -0.05) is 12.2 Å². The number of allylic oxidation sites excluding steroid dienone is 2. The molecule has 0 radical (unpaired) electrons. The van der Waals surface area contributed by atoms with E-state index in [9.17, 15) is 4.79 Å². The molecule has 2 aliphatic rings. The zero-order valence-electron chi connectivity index (χ0n) is 6.42. The lowest BCUT2D eigenvalue weighted by atomic mass is 9.55.